The molecule has 1 heterocycles. The smallest absolute Gasteiger partial charge is 0.272 e. The Morgan fingerprint density at radius 2 is 1.95 bits per heavy atom. The Labute approximate surface area is 130 Å². The van der Waals surface area contributed by atoms with E-state index in [9.17, 15) is 4.79 Å². The normalized spacial score (nSPS) is 19.0. The van der Waals surface area contributed by atoms with Gasteiger partial charge in [-0.15, -0.1) is 0 Å². The summed E-state index contributed by atoms with van der Waals surface area (Å²) in [7, 11) is 0. The third-order valence-corrected chi connectivity index (χ3v) is 4.66. The maximum Gasteiger partial charge on any atom is 0.272 e. The molecule has 0 saturated heterocycles. The molecule has 0 bridgehead atoms. The number of H-pyrrole nitrogens is 1. The predicted octanol–water partition coefficient (Wildman–Crippen LogP) is 3.48. The number of benzene rings is 1. The first-order valence-electron chi connectivity index (χ1n) is 8.13. The lowest BCUT2D eigenvalue weighted by molar-refractivity contribution is 0.0926. The van der Waals surface area contributed by atoms with Crippen molar-refractivity contribution in [2.24, 2.45) is 5.92 Å². The van der Waals surface area contributed by atoms with Gasteiger partial charge < -0.3 is 5.32 Å². The Balaban J connectivity index is 1.50. The predicted molar refractivity (Wildman–Crippen MR) is 84.7 cm³/mol. The fraction of sp³-hybridized carbons (Fsp3) is 0.444. The van der Waals surface area contributed by atoms with E-state index in [4.69, 9.17) is 0 Å². The van der Waals surface area contributed by atoms with Crippen molar-refractivity contribution in [3.05, 3.63) is 52.8 Å². The van der Waals surface area contributed by atoms with E-state index < -0.39 is 0 Å². The number of amides is 1. The summed E-state index contributed by atoms with van der Waals surface area (Å²) in [5.41, 5.74) is 4.05. The Hall–Kier alpha value is -2.10. The van der Waals surface area contributed by atoms with Gasteiger partial charge in [0, 0.05) is 11.6 Å². The van der Waals surface area contributed by atoms with Crippen molar-refractivity contribution in [3.8, 4) is 0 Å². The van der Waals surface area contributed by atoms with Crippen LogP contribution in [-0.2, 0) is 0 Å². The molecule has 2 N–H and O–H groups in total. The molecule has 4 nitrogen and oxygen atoms in total. The SMILES string of the molecule is Cc1ccc(C(NC(=O)c2cc(C3CC3)[nH]n2)C2CC2)cc1. The van der Waals surface area contributed by atoms with Crippen molar-refractivity contribution in [1.29, 1.82) is 0 Å². The second-order valence-corrected chi connectivity index (χ2v) is 6.68. The summed E-state index contributed by atoms with van der Waals surface area (Å²) in [6.07, 6.45) is 4.79. The maximum absolute atomic E-state index is 12.5. The monoisotopic (exact) mass is 295 g/mol. The summed E-state index contributed by atoms with van der Waals surface area (Å²) in [6, 6.07) is 10.5. The van der Waals surface area contributed by atoms with Crippen LogP contribution in [0.1, 0.15) is 65.0 Å². The zero-order valence-electron chi connectivity index (χ0n) is 12.8. The van der Waals surface area contributed by atoms with Gasteiger partial charge in [0.1, 0.15) is 5.69 Å². The van der Waals surface area contributed by atoms with E-state index in [-0.39, 0.29) is 11.9 Å². The van der Waals surface area contributed by atoms with Crippen LogP contribution in [0.3, 0.4) is 0 Å². The topological polar surface area (TPSA) is 57.8 Å². The molecule has 2 aliphatic rings. The highest BCUT2D eigenvalue weighted by Gasteiger charge is 2.34. The molecule has 2 saturated carbocycles. The lowest BCUT2D eigenvalue weighted by Crippen LogP contribution is -2.30. The minimum atomic E-state index is -0.0689. The fourth-order valence-corrected chi connectivity index (χ4v) is 2.95. The van der Waals surface area contributed by atoms with Crippen LogP contribution in [0, 0.1) is 12.8 Å². The number of nitrogens with zero attached hydrogens (tertiary/aromatic N) is 1. The Kier molecular flexibility index (Phi) is 3.25. The highest BCUT2D eigenvalue weighted by atomic mass is 16.2. The summed E-state index contributed by atoms with van der Waals surface area (Å²) >= 11 is 0. The standard InChI is InChI=1S/C18H21N3O/c1-11-2-4-13(5-3-11)17(14-8-9-14)19-18(22)16-10-15(20-21-16)12-6-7-12/h2-5,10,12,14,17H,6-9H2,1H3,(H,19,22)(H,20,21). The minimum absolute atomic E-state index is 0.0689. The zero-order chi connectivity index (χ0) is 15.1. The first-order chi connectivity index (χ1) is 10.7. The highest BCUT2D eigenvalue weighted by Crippen LogP contribution is 2.41. The van der Waals surface area contributed by atoms with Crippen LogP contribution < -0.4 is 5.32 Å². The van der Waals surface area contributed by atoms with E-state index in [0.717, 1.165) is 5.69 Å². The molecule has 1 aromatic carbocycles. The van der Waals surface area contributed by atoms with E-state index in [0.29, 0.717) is 17.5 Å². The Morgan fingerprint density at radius 1 is 1.23 bits per heavy atom. The van der Waals surface area contributed by atoms with Crippen molar-refractivity contribution >= 4 is 5.91 Å². The molecule has 4 rings (SSSR count). The molecule has 22 heavy (non-hydrogen) atoms. The molecule has 114 valence electrons. The summed E-state index contributed by atoms with van der Waals surface area (Å²) in [4.78, 5) is 12.5. The van der Waals surface area contributed by atoms with Crippen molar-refractivity contribution in [2.45, 2.75) is 44.6 Å². The lowest BCUT2D eigenvalue weighted by Gasteiger charge is -2.18. The number of hydrogen-bond donors (Lipinski definition) is 2. The molecular formula is C18H21N3O. The number of aromatic nitrogens is 2. The number of nitrogens with one attached hydrogen (secondary N) is 2. The summed E-state index contributed by atoms with van der Waals surface area (Å²) < 4.78 is 0. The summed E-state index contributed by atoms with van der Waals surface area (Å²) in [5.74, 6) is 1.08. The van der Waals surface area contributed by atoms with Crippen molar-refractivity contribution < 1.29 is 4.79 Å². The Bertz CT molecular complexity index is 681. The summed E-state index contributed by atoms with van der Waals surface area (Å²) in [6.45, 7) is 2.08. The molecular weight excluding hydrogens is 274 g/mol. The van der Waals surface area contributed by atoms with E-state index >= 15 is 0 Å². The fourth-order valence-electron chi connectivity index (χ4n) is 2.95. The van der Waals surface area contributed by atoms with Crippen molar-refractivity contribution in [3.63, 3.8) is 0 Å². The molecule has 4 heteroatoms. The molecule has 0 spiro atoms. The third kappa shape index (κ3) is 2.78. The van der Waals surface area contributed by atoms with Gasteiger partial charge in [0.2, 0.25) is 0 Å². The van der Waals surface area contributed by atoms with Crippen LogP contribution in [-0.4, -0.2) is 16.1 Å². The molecule has 0 radical (unpaired) electrons. The first kappa shape index (κ1) is 13.6. The van der Waals surface area contributed by atoms with E-state index in [1.807, 2.05) is 6.07 Å². The first-order valence-corrected chi connectivity index (χ1v) is 8.13. The van der Waals surface area contributed by atoms with E-state index in [1.54, 1.807) is 0 Å². The quantitative estimate of drug-likeness (QED) is 0.887. The van der Waals surface area contributed by atoms with Crippen molar-refractivity contribution in [2.75, 3.05) is 0 Å². The average molecular weight is 295 g/mol. The van der Waals surface area contributed by atoms with Crippen LogP contribution in [0.4, 0.5) is 0 Å². The van der Waals surface area contributed by atoms with Crippen molar-refractivity contribution in [1.82, 2.24) is 15.5 Å². The Morgan fingerprint density at radius 3 is 2.59 bits per heavy atom. The summed E-state index contributed by atoms with van der Waals surface area (Å²) in [5, 5.41) is 10.4. The van der Waals surface area contributed by atoms with Gasteiger partial charge in [-0.2, -0.15) is 5.10 Å². The number of aryl methyl sites for hydroxylation is 1. The highest BCUT2D eigenvalue weighted by molar-refractivity contribution is 5.92. The van der Waals surface area contributed by atoms with Gasteiger partial charge in [-0.25, -0.2) is 0 Å². The number of aromatic amines is 1. The maximum atomic E-state index is 12.5. The van der Waals surface area contributed by atoms with Crippen LogP contribution in [0.2, 0.25) is 0 Å². The largest absolute Gasteiger partial charge is 0.344 e. The van der Waals surface area contributed by atoms with Gasteiger partial charge in [0.05, 0.1) is 6.04 Å². The average Bonchev–Trinajstić information content (AvgIpc) is 3.45. The zero-order valence-corrected chi connectivity index (χ0v) is 12.8. The molecule has 2 aliphatic carbocycles. The van der Waals surface area contributed by atoms with Crippen LogP contribution in [0.5, 0.6) is 0 Å². The van der Waals surface area contributed by atoms with Gasteiger partial charge in [0.15, 0.2) is 0 Å². The minimum Gasteiger partial charge on any atom is -0.344 e. The van der Waals surface area contributed by atoms with Gasteiger partial charge in [-0.05, 0) is 50.2 Å². The molecule has 0 aliphatic heterocycles. The lowest BCUT2D eigenvalue weighted by atomic mass is 10.0. The number of rotatable bonds is 5. The van der Waals surface area contributed by atoms with E-state index in [1.165, 1.54) is 36.8 Å². The molecule has 1 unspecified atom stereocenters. The molecule has 2 fully saturated rings. The molecule has 1 aromatic heterocycles. The second-order valence-electron chi connectivity index (χ2n) is 6.68. The molecule has 2 aromatic rings. The number of carbonyl (C=O) groups is 1. The van der Waals surface area contributed by atoms with Gasteiger partial charge >= 0.3 is 0 Å². The van der Waals surface area contributed by atoms with Crippen LogP contribution in [0.15, 0.2) is 30.3 Å². The molecule has 1 amide bonds. The van der Waals surface area contributed by atoms with Gasteiger partial charge in [-0.3, -0.25) is 9.89 Å². The third-order valence-electron chi connectivity index (χ3n) is 4.66. The van der Waals surface area contributed by atoms with Gasteiger partial charge in [-0.1, -0.05) is 29.8 Å². The molecule has 1 atom stereocenters. The number of carbonyl (C=O) groups excluding carboxylic acids is 1. The second kappa shape index (κ2) is 5.27. The van der Waals surface area contributed by atoms with E-state index in [2.05, 4.69) is 46.7 Å². The van der Waals surface area contributed by atoms with Crippen LogP contribution >= 0.6 is 0 Å². The van der Waals surface area contributed by atoms with Gasteiger partial charge in [0.25, 0.3) is 5.91 Å². The number of hydrogen-bond acceptors (Lipinski definition) is 2. The van der Waals surface area contributed by atoms with Crippen LogP contribution in [0.25, 0.3) is 0 Å².